The van der Waals surface area contributed by atoms with E-state index in [-0.39, 0.29) is 0 Å². The van der Waals surface area contributed by atoms with Gasteiger partial charge in [-0.15, -0.1) is 0 Å². The lowest BCUT2D eigenvalue weighted by Crippen LogP contribution is -2.28. The SMILES string of the molecule is c1ccc(-c2ccc(-c3cc(-c4ccccc4)nc(-c4ccc(-c5cccc6c5-c5ccccc5C6(c5ccccc5)c5ccc6oc(-c7ccccc7)nc6c5)cc4)n3)cc2)cc1. The van der Waals surface area contributed by atoms with E-state index >= 15 is 0 Å². The van der Waals surface area contributed by atoms with E-state index in [9.17, 15) is 0 Å². The van der Waals surface area contributed by atoms with E-state index < -0.39 is 5.41 Å². The van der Waals surface area contributed by atoms with Crippen LogP contribution >= 0.6 is 0 Å². The standard InChI is InChI=1S/C60H39N3O/c1-5-16-40(17-6-1)41-28-32-44(33-29-41)54-39-53(43-18-7-2-8-19-43)61-58(62-54)45-34-30-42(31-35-45)49-25-15-27-52-57(49)50-24-13-14-26-51(50)60(52,47-22-11-4-12-23-47)48-36-37-56-55(38-48)63-59(64-56)46-20-9-3-10-21-46/h1-39H. The van der Waals surface area contributed by atoms with Crippen LogP contribution in [0.5, 0.6) is 0 Å². The molecule has 0 aliphatic heterocycles. The van der Waals surface area contributed by atoms with Gasteiger partial charge in [-0.2, -0.15) is 0 Å². The van der Waals surface area contributed by atoms with E-state index in [1.165, 1.54) is 44.5 Å². The van der Waals surface area contributed by atoms with Gasteiger partial charge in [0, 0.05) is 22.3 Å². The van der Waals surface area contributed by atoms with Crippen LogP contribution in [-0.2, 0) is 5.41 Å². The average Bonchev–Trinajstić information content (AvgIpc) is 3.95. The number of oxazole rings is 1. The highest BCUT2D eigenvalue weighted by atomic mass is 16.3. The summed E-state index contributed by atoms with van der Waals surface area (Å²) in [6.45, 7) is 0. The zero-order chi connectivity index (χ0) is 42.5. The lowest BCUT2D eigenvalue weighted by Gasteiger charge is -2.34. The summed E-state index contributed by atoms with van der Waals surface area (Å²) < 4.78 is 6.33. The van der Waals surface area contributed by atoms with Crippen molar-refractivity contribution < 1.29 is 4.42 Å². The third-order valence-corrected chi connectivity index (χ3v) is 12.7. The number of nitrogens with zero attached hydrogens (tertiary/aromatic N) is 3. The summed E-state index contributed by atoms with van der Waals surface area (Å²) in [5, 5.41) is 0. The van der Waals surface area contributed by atoms with Crippen LogP contribution in [0.4, 0.5) is 0 Å². The molecule has 0 bridgehead atoms. The summed E-state index contributed by atoms with van der Waals surface area (Å²) in [4.78, 5) is 15.4. The molecule has 11 aromatic rings. The molecule has 0 saturated heterocycles. The Bertz CT molecular complexity index is 3460. The molecule has 0 fully saturated rings. The maximum absolute atomic E-state index is 6.33. The van der Waals surface area contributed by atoms with Gasteiger partial charge in [0.1, 0.15) is 5.52 Å². The van der Waals surface area contributed by atoms with Crippen molar-refractivity contribution in [2.75, 3.05) is 0 Å². The molecule has 64 heavy (non-hydrogen) atoms. The van der Waals surface area contributed by atoms with Gasteiger partial charge in [-0.1, -0.05) is 206 Å². The van der Waals surface area contributed by atoms with Crippen LogP contribution in [0.1, 0.15) is 22.3 Å². The Labute approximate surface area is 371 Å². The number of hydrogen-bond donors (Lipinski definition) is 0. The van der Waals surface area contributed by atoms with Crippen LogP contribution < -0.4 is 0 Å². The molecule has 12 rings (SSSR count). The Morgan fingerprint density at radius 2 is 0.844 bits per heavy atom. The first kappa shape index (κ1) is 37.3. The average molecular weight is 818 g/mol. The van der Waals surface area contributed by atoms with Gasteiger partial charge in [0.2, 0.25) is 5.89 Å². The maximum atomic E-state index is 6.33. The zero-order valence-electron chi connectivity index (χ0n) is 34.8. The van der Waals surface area contributed by atoms with Gasteiger partial charge >= 0.3 is 0 Å². The summed E-state index contributed by atoms with van der Waals surface area (Å²) in [6.07, 6.45) is 0. The van der Waals surface area contributed by atoms with E-state index in [0.29, 0.717) is 11.7 Å². The summed E-state index contributed by atoms with van der Waals surface area (Å²) in [5.74, 6) is 1.30. The monoisotopic (exact) mass is 817 g/mol. The number of rotatable bonds is 8. The van der Waals surface area contributed by atoms with E-state index in [4.69, 9.17) is 19.4 Å². The molecular formula is C60H39N3O. The van der Waals surface area contributed by atoms with Crippen molar-refractivity contribution in [3.05, 3.63) is 259 Å². The molecule has 4 heteroatoms. The quantitative estimate of drug-likeness (QED) is 0.153. The van der Waals surface area contributed by atoms with Crippen molar-refractivity contribution in [3.63, 3.8) is 0 Å². The Kier molecular flexibility index (Phi) is 9.01. The fourth-order valence-electron chi connectivity index (χ4n) is 9.65. The summed E-state index contributed by atoms with van der Waals surface area (Å²) in [6, 6.07) is 83.5. The largest absolute Gasteiger partial charge is 0.436 e. The number of aromatic nitrogens is 3. The molecule has 0 spiro atoms. The molecule has 1 aliphatic rings. The van der Waals surface area contributed by atoms with Gasteiger partial charge < -0.3 is 4.42 Å². The second kappa shape index (κ2) is 15.5. The molecular weight excluding hydrogens is 779 g/mol. The van der Waals surface area contributed by atoms with Crippen LogP contribution in [0, 0.1) is 0 Å². The van der Waals surface area contributed by atoms with Crippen molar-refractivity contribution in [2.45, 2.75) is 5.41 Å². The first-order chi connectivity index (χ1) is 31.7. The first-order valence-electron chi connectivity index (χ1n) is 21.7. The molecule has 0 saturated carbocycles. The van der Waals surface area contributed by atoms with Gasteiger partial charge in [0.15, 0.2) is 11.4 Å². The molecule has 9 aromatic carbocycles. The van der Waals surface area contributed by atoms with E-state index in [1.54, 1.807) is 0 Å². The minimum atomic E-state index is -0.607. The highest BCUT2D eigenvalue weighted by Crippen LogP contribution is 2.58. The van der Waals surface area contributed by atoms with E-state index in [0.717, 1.165) is 55.9 Å². The van der Waals surface area contributed by atoms with E-state index in [1.807, 2.05) is 42.5 Å². The predicted molar refractivity (Wildman–Crippen MR) is 260 cm³/mol. The Balaban J connectivity index is 0.976. The van der Waals surface area contributed by atoms with Crippen LogP contribution in [0.3, 0.4) is 0 Å². The van der Waals surface area contributed by atoms with Crippen LogP contribution in [0.25, 0.3) is 89.8 Å². The highest BCUT2D eigenvalue weighted by molar-refractivity contribution is 5.96. The molecule has 4 nitrogen and oxygen atoms in total. The summed E-state index contributed by atoms with van der Waals surface area (Å²) >= 11 is 0. The summed E-state index contributed by atoms with van der Waals surface area (Å²) in [7, 11) is 0. The smallest absolute Gasteiger partial charge is 0.227 e. The normalized spacial score (nSPS) is 14.0. The minimum Gasteiger partial charge on any atom is -0.436 e. The third kappa shape index (κ3) is 6.27. The van der Waals surface area contributed by atoms with Crippen molar-refractivity contribution in [3.8, 4) is 78.7 Å². The fourth-order valence-corrected chi connectivity index (χ4v) is 9.65. The van der Waals surface area contributed by atoms with Crippen molar-refractivity contribution in [2.24, 2.45) is 0 Å². The Morgan fingerprint density at radius 3 is 1.55 bits per heavy atom. The van der Waals surface area contributed by atoms with Gasteiger partial charge in [0.25, 0.3) is 0 Å². The molecule has 2 aromatic heterocycles. The maximum Gasteiger partial charge on any atom is 0.227 e. The predicted octanol–water partition coefficient (Wildman–Crippen LogP) is 15.0. The lowest BCUT2D eigenvalue weighted by atomic mass is 9.67. The molecule has 0 radical (unpaired) electrons. The van der Waals surface area contributed by atoms with Crippen molar-refractivity contribution in [1.29, 1.82) is 0 Å². The molecule has 0 amide bonds. The van der Waals surface area contributed by atoms with Gasteiger partial charge in [0.05, 0.1) is 16.8 Å². The van der Waals surface area contributed by atoms with Crippen LogP contribution in [0.2, 0.25) is 0 Å². The van der Waals surface area contributed by atoms with Crippen molar-refractivity contribution in [1.82, 2.24) is 15.0 Å². The zero-order valence-corrected chi connectivity index (χ0v) is 34.8. The number of hydrogen-bond acceptors (Lipinski definition) is 4. The summed E-state index contributed by atoms with van der Waals surface area (Å²) in [5.41, 5.74) is 18.6. The Hall–Kier alpha value is -8.47. The van der Waals surface area contributed by atoms with E-state index in [2.05, 4.69) is 194 Å². The second-order valence-electron chi connectivity index (χ2n) is 16.3. The van der Waals surface area contributed by atoms with Gasteiger partial charge in [-0.3, -0.25) is 0 Å². The number of fused-ring (bicyclic) bond motifs is 4. The van der Waals surface area contributed by atoms with Crippen molar-refractivity contribution >= 4 is 11.1 Å². The molecule has 0 N–H and O–H groups in total. The number of benzene rings is 9. The molecule has 1 aliphatic carbocycles. The van der Waals surface area contributed by atoms with Gasteiger partial charge in [-0.25, -0.2) is 15.0 Å². The van der Waals surface area contributed by atoms with Gasteiger partial charge in [-0.05, 0) is 86.0 Å². The highest BCUT2D eigenvalue weighted by Gasteiger charge is 2.47. The minimum absolute atomic E-state index is 0.607. The Morgan fingerprint density at radius 1 is 0.328 bits per heavy atom. The van der Waals surface area contributed by atoms with Crippen LogP contribution in [0.15, 0.2) is 241 Å². The first-order valence-corrected chi connectivity index (χ1v) is 21.7. The van der Waals surface area contributed by atoms with Crippen LogP contribution in [-0.4, -0.2) is 15.0 Å². The molecule has 300 valence electrons. The lowest BCUT2D eigenvalue weighted by molar-refractivity contribution is 0.619. The fraction of sp³-hybridized carbons (Fsp3) is 0.0167. The molecule has 1 unspecified atom stereocenters. The second-order valence-corrected chi connectivity index (χ2v) is 16.3. The molecule has 2 heterocycles. The topological polar surface area (TPSA) is 51.8 Å². The molecule has 1 atom stereocenters. The third-order valence-electron chi connectivity index (χ3n) is 12.7.